The maximum Gasteiger partial charge on any atom is 0.295 e. The molecule has 0 saturated carbocycles. The molecule has 6 heteroatoms. The van der Waals surface area contributed by atoms with E-state index in [4.69, 9.17) is 9.47 Å². The molecule has 1 amide bonds. The summed E-state index contributed by atoms with van der Waals surface area (Å²) in [6.45, 7) is 2.89. The van der Waals surface area contributed by atoms with E-state index in [1.165, 1.54) is 12.0 Å². The molecule has 1 aliphatic heterocycles. The van der Waals surface area contributed by atoms with Crippen LogP contribution in [0.2, 0.25) is 0 Å². The minimum atomic E-state index is -0.683. The number of Topliss-reactive ketones (excluding diaryl/α,β-unsaturated/α-hetero) is 1. The van der Waals surface area contributed by atoms with E-state index in [0.29, 0.717) is 30.9 Å². The Morgan fingerprint density at radius 2 is 1.83 bits per heavy atom. The van der Waals surface area contributed by atoms with Crippen molar-refractivity contribution in [2.45, 2.75) is 25.8 Å². The van der Waals surface area contributed by atoms with E-state index < -0.39 is 17.7 Å². The largest absolute Gasteiger partial charge is 0.507 e. The molecule has 0 aromatic heterocycles. The number of ketones is 1. The Labute approximate surface area is 176 Å². The summed E-state index contributed by atoms with van der Waals surface area (Å²) < 4.78 is 10.3. The highest BCUT2D eigenvalue weighted by Gasteiger charge is 2.45. The fraction of sp³-hybridized carbons (Fsp3) is 0.333. The van der Waals surface area contributed by atoms with Crippen molar-refractivity contribution in [3.05, 3.63) is 70.8 Å². The maximum absolute atomic E-state index is 13.0. The van der Waals surface area contributed by atoms with Gasteiger partial charge >= 0.3 is 0 Å². The molecule has 30 heavy (non-hydrogen) atoms. The smallest absolute Gasteiger partial charge is 0.295 e. The molecule has 1 atom stereocenters. The fourth-order valence-electron chi connectivity index (χ4n) is 3.70. The number of amides is 1. The van der Waals surface area contributed by atoms with Crippen molar-refractivity contribution < 1.29 is 24.2 Å². The monoisotopic (exact) mass is 409 g/mol. The van der Waals surface area contributed by atoms with Crippen molar-refractivity contribution in [3.63, 3.8) is 0 Å². The average molecular weight is 409 g/mol. The second-order valence-electron chi connectivity index (χ2n) is 7.17. The Bertz CT molecular complexity index is 948. The molecule has 1 fully saturated rings. The second-order valence-corrected chi connectivity index (χ2v) is 7.17. The predicted octanol–water partition coefficient (Wildman–Crippen LogP) is 3.72. The van der Waals surface area contributed by atoms with Crippen LogP contribution in [0.1, 0.15) is 36.1 Å². The van der Waals surface area contributed by atoms with Crippen molar-refractivity contribution in [3.8, 4) is 5.75 Å². The zero-order valence-corrected chi connectivity index (χ0v) is 17.6. The second kappa shape index (κ2) is 9.59. The molecule has 3 rings (SSSR count). The number of aliphatic hydroxyl groups excluding tert-OH is 1. The van der Waals surface area contributed by atoms with Crippen LogP contribution in [0.3, 0.4) is 0 Å². The van der Waals surface area contributed by atoms with Crippen molar-refractivity contribution in [1.82, 2.24) is 4.90 Å². The molecule has 1 aliphatic rings. The number of ether oxygens (including phenoxy) is 2. The first-order chi connectivity index (χ1) is 14.5. The number of nitrogens with zero attached hydrogens (tertiary/aromatic N) is 1. The molecule has 2 aromatic carbocycles. The highest BCUT2D eigenvalue weighted by Crippen LogP contribution is 2.39. The van der Waals surface area contributed by atoms with Gasteiger partial charge < -0.3 is 19.5 Å². The van der Waals surface area contributed by atoms with Crippen LogP contribution >= 0.6 is 0 Å². The van der Waals surface area contributed by atoms with Crippen LogP contribution in [-0.2, 0) is 20.7 Å². The van der Waals surface area contributed by atoms with E-state index in [1.54, 1.807) is 31.4 Å². The molecular weight excluding hydrogens is 382 g/mol. The van der Waals surface area contributed by atoms with Crippen LogP contribution in [0.25, 0.3) is 5.76 Å². The number of carbonyl (C=O) groups is 2. The summed E-state index contributed by atoms with van der Waals surface area (Å²) in [6.07, 6.45) is 1.48. The van der Waals surface area contributed by atoms with Gasteiger partial charge in [-0.1, -0.05) is 43.3 Å². The Hall–Kier alpha value is -3.12. The third-order valence-electron chi connectivity index (χ3n) is 5.33. The van der Waals surface area contributed by atoms with Crippen LogP contribution in [0.5, 0.6) is 5.75 Å². The summed E-state index contributed by atoms with van der Waals surface area (Å²) >= 11 is 0. The number of aryl methyl sites for hydroxylation is 1. The SMILES string of the molecule is CCc1ccc(C2/C(=C(\O)c3cccc(OC)c3)C(=O)C(=O)N2CCCOC)cc1. The zero-order chi connectivity index (χ0) is 21.7. The maximum atomic E-state index is 13.0. The van der Waals surface area contributed by atoms with Crippen LogP contribution < -0.4 is 4.74 Å². The van der Waals surface area contributed by atoms with Gasteiger partial charge in [0.15, 0.2) is 0 Å². The van der Waals surface area contributed by atoms with Gasteiger partial charge in [0.25, 0.3) is 11.7 Å². The fourth-order valence-corrected chi connectivity index (χ4v) is 3.70. The molecule has 158 valence electrons. The first-order valence-corrected chi connectivity index (χ1v) is 10.0. The lowest BCUT2D eigenvalue weighted by atomic mass is 9.94. The molecule has 1 N–H and O–H groups in total. The molecule has 0 spiro atoms. The molecule has 1 saturated heterocycles. The van der Waals surface area contributed by atoms with Crippen LogP contribution in [0.15, 0.2) is 54.1 Å². The van der Waals surface area contributed by atoms with Crippen molar-refractivity contribution >= 4 is 17.4 Å². The summed E-state index contributed by atoms with van der Waals surface area (Å²) in [5, 5.41) is 11.0. The van der Waals surface area contributed by atoms with E-state index in [0.717, 1.165) is 17.5 Å². The van der Waals surface area contributed by atoms with E-state index in [2.05, 4.69) is 6.92 Å². The number of rotatable bonds is 8. The number of hydrogen-bond acceptors (Lipinski definition) is 5. The Kier molecular flexibility index (Phi) is 6.90. The lowest BCUT2D eigenvalue weighted by Gasteiger charge is -2.25. The van der Waals surface area contributed by atoms with Gasteiger partial charge in [-0.15, -0.1) is 0 Å². The Morgan fingerprint density at radius 3 is 2.47 bits per heavy atom. The summed E-state index contributed by atoms with van der Waals surface area (Å²) in [4.78, 5) is 27.3. The molecule has 1 heterocycles. The quantitative estimate of drug-likeness (QED) is 0.311. The third-order valence-corrected chi connectivity index (χ3v) is 5.33. The normalized spacial score (nSPS) is 18.1. The lowest BCUT2D eigenvalue weighted by molar-refractivity contribution is -0.140. The van der Waals surface area contributed by atoms with Gasteiger partial charge in [-0.2, -0.15) is 0 Å². The number of carbonyl (C=O) groups excluding carboxylic acids is 2. The first-order valence-electron chi connectivity index (χ1n) is 10.0. The minimum Gasteiger partial charge on any atom is -0.507 e. The van der Waals surface area contributed by atoms with Gasteiger partial charge in [0.05, 0.1) is 18.7 Å². The minimum absolute atomic E-state index is 0.0925. The van der Waals surface area contributed by atoms with Crippen molar-refractivity contribution in [1.29, 1.82) is 0 Å². The van der Waals surface area contributed by atoms with Gasteiger partial charge in [0.2, 0.25) is 0 Å². The van der Waals surface area contributed by atoms with Crippen molar-refractivity contribution in [2.75, 3.05) is 27.4 Å². The summed E-state index contributed by atoms with van der Waals surface area (Å²) in [6, 6.07) is 14.0. The average Bonchev–Trinajstić information content (AvgIpc) is 3.03. The number of hydrogen-bond donors (Lipinski definition) is 1. The lowest BCUT2D eigenvalue weighted by Crippen LogP contribution is -2.31. The number of aliphatic hydroxyl groups is 1. The topological polar surface area (TPSA) is 76.1 Å². The molecule has 0 radical (unpaired) electrons. The van der Waals surface area contributed by atoms with Gasteiger partial charge in [-0.3, -0.25) is 9.59 Å². The standard InChI is InChI=1S/C24H27NO5/c1-4-16-9-11-17(12-10-16)21-20(22(26)18-7-5-8-19(15-18)30-3)23(27)24(28)25(21)13-6-14-29-2/h5,7-12,15,21,26H,4,6,13-14H2,1-3H3/b22-20+. The summed E-state index contributed by atoms with van der Waals surface area (Å²) in [5.74, 6) is -0.944. The Morgan fingerprint density at radius 1 is 1.10 bits per heavy atom. The molecule has 6 nitrogen and oxygen atoms in total. The van der Waals surface area contributed by atoms with Crippen LogP contribution in [0.4, 0.5) is 0 Å². The molecule has 0 bridgehead atoms. The van der Waals surface area contributed by atoms with E-state index in [-0.39, 0.29) is 11.3 Å². The summed E-state index contributed by atoms with van der Waals surface area (Å²) in [7, 11) is 3.13. The first kappa shape index (κ1) is 21.6. The number of benzene rings is 2. The van der Waals surface area contributed by atoms with Crippen LogP contribution in [-0.4, -0.2) is 49.1 Å². The zero-order valence-electron chi connectivity index (χ0n) is 17.6. The highest BCUT2D eigenvalue weighted by molar-refractivity contribution is 6.46. The van der Waals surface area contributed by atoms with Gasteiger partial charge in [0.1, 0.15) is 11.5 Å². The third kappa shape index (κ3) is 4.24. The van der Waals surface area contributed by atoms with Gasteiger partial charge in [0, 0.05) is 25.8 Å². The number of likely N-dealkylation sites (tertiary alicyclic amines) is 1. The predicted molar refractivity (Wildman–Crippen MR) is 114 cm³/mol. The van der Waals surface area contributed by atoms with Crippen molar-refractivity contribution in [2.24, 2.45) is 0 Å². The van der Waals surface area contributed by atoms with Gasteiger partial charge in [-0.25, -0.2) is 0 Å². The van der Waals surface area contributed by atoms with E-state index in [1.807, 2.05) is 24.3 Å². The summed E-state index contributed by atoms with van der Waals surface area (Å²) in [5.41, 5.74) is 2.46. The van der Waals surface area contributed by atoms with E-state index >= 15 is 0 Å². The Balaban J connectivity index is 2.11. The molecule has 2 aromatic rings. The molecule has 0 aliphatic carbocycles. The van der Waals surface area contributed by atoms with Crippen LogP contribution in [0, 0.1) is 0 Å². The molecular formula is C24H27NO5. The highest BCUT2D eigenvalue weighted by atomic mass is 16.5. The molecule has 1 unspecified atom stereocenters. The van der Waals surface area contributed by atoms with Gasteiger partial charge in [-0.05, 0) is 36.1 Å². The van der Waals surface area contributed by atoms with E-state index in [9.17, 15) is 14.7 Å². The number of methoxy groups -OCH3 is 2.